The van der Waals surface area contributed by atoms with Crippen LogP contribution in [0.25, 0.3) is 10.9 Å². The minimum atomic E-state index is -3.68. The first kappa shape index (κ1) is 26.8. The first-order valence-corrected chi connectivity index (χ1v) is 14.0. The molecule has 1 aliphatic rings. The minimum absolute atomic E-state index is 0.00964. The van der Waals surface area contributed by atoms with Crippen molar-refractivity contribution in [3.8, 4) is 0 Å². The van der Waals surface area contributed by atoms with Crippen molar-refractivity contribution in [3.63, 3.8) is 0 Å². The van der Waals surface area contributed by atoms with E-state index in [1.54, 1.807) is 6.92 Å². The number of nitrogens with one attached hydrogen (secondary N) is 1. The number of fused-ring (bicyclic) bond motifs is 1. The summed E-state index contributed by atoms with van der Waals surface area (Å²) < 4.78 is 41.5. The number of aryl methyl sites for hydroxylation is 1. The summed E-state index contributed by atoms with van der Waals surface area (Å²) in [5.74, 6) is -0.841. The lowest BCUT2D eigenvalue weighted by Crippen LogP contribution is -2.42. The van der Waals surface area contributed by atoms with E-state index in [0.717, 1.165) is 30.0 Å². The maximum atomic E-state index is 15.2. The lowest BCUT2D eigenvalue weighted by atomic mass is 10.0. The molecule has 0 unspecified atom stereocenters. The van der Waals surface area contributed by atoms with Crippen molar-refractivity contribution in [2.24, 2.45) is 5.73 Å². The van der Waals surface area contributed by atoms with Crippen LogP contribution < -0.4 is 17.0 Å². The van der Waals surface area contributed by atoms with Gasteiger partial charge in [-0.2, -0.15) is 0 Å². The maximum absolute atomic E-state index is 15.2. The van der Waals surface area contributed by atoms with E-state index in [2.05, 4.69) is 4.98 Å². The van der Waals surface area contributed by atoms with Crippen LogP contribution in [0.15, 0.2) is 32.7 Å². The average molecular weight is 557 g/mol. The number of nitrogens with two attached hydrogens (primary N) is 1. The van der Waals surface area contributed by atoms with Gasteiger partial charge in [0.1, 0.15) is 5.82 Å². The van der Waals surface area contributed by atoms with E-state index in [1.807, 2.05) is 4.90 Å². The van der Waals surface area contributed by atoms with Crippen molar-refractivity contribution in [1.29, 1.82) is 0 Å². The number of hydrogen-bond acceptors (Lipinski definition) is 6. The molecule has 1 fully saturated rings. The SMILES string of the molecule is CCS(=O)(=O)c1c(C)cc(Cl)cc1Cn1c(=O)[nH]c2c(Cl)c(CN3CCC[C@@H](N)C3)c(F)cc2c1=O. The highest BCUT2D eigenvalue weighted by Gasteiger charge is 2.24. The van der Waals surface area contributed by atoms with Gasteiger partial charge in [-0.15, -0.1) is 0 Å². The second-order valence-electron chi connectivity index (χ2n) is 9.15. The molecule has 1 aliphatic heterocycles. The van der Waals surface area contributed by atoms with Crippen LogP contribution >= 0.6 is 23.2 Å². The quantitative estimate of drug-likeness (QED) is 0.481. The summed E-state index contributed by atoms with van der Waals surface area (Å²) in [6.07, 6.45) is 1.78. The molecule has 0 bridgehead atoms. The Morgan fingerprint density at radius 1 is 1.19 bits per heavy atom. The van der Waals surface area contributed by atoms with Gasteiger partial charge in [-0.05, 0) is 55.6 Å². The number of rotatable bonds is 6. The number of sulfone groups is 1. The zero-order valence-corrected chi connectivity index (χ0v) is 22.2. The fourth-order valence-electron chi connectivity index (χ4n) is 4.79. The van der Waals surface area contributed by atoms with Gasteiger partial charge in [0.25, 0.3) is 5.56 Å². The molecular weight excluding hydrogens is 530 g/mol. The summed E-state index contributed by atoms with van der Waals surface area (Å²) in [6, 6.07) is 3.96. The predicted octanol–water partition coefficient (Wildman–Crippen LogP) is 3.21. The van der Waals surface area contributed by atoms with E-state index in [0.29, 0.717) is 12.1 Å². The zero-order chi connectivity index (χ0) is 26.4. The van der Waals surface area contributed by atoms with Gasteiger partial charge in [-0.1, -0.05) is 30.1 Å². The van der Waals surface area contributed by atoms with E-state index in [1.165, 1.54) is 19.1 Å². The van der Waals surface area contributed by atoms with Gasteiger partial charge in [0.05, 0.1) is 33.1 Å². The molecular formula is C24H27Cl2FN4O4S. The second-order valence-corrected chi connectivity index (χ2v) is 12.2. The summed E-state index contributed by atoms with van der Waals surface area (Å²) in [5.41, 5.74) is 5.23. The summed E-state index contributed by atoms with van der Waals surface area (Å²) in [7, 11) is -3.68. The highest BCUT2D eigenvalue weighted by atomic mass is 35.5. The van der Waals surface area contributed by atoms with Gasteiger partial charge >= 0.3 is 5.69 Å². The number of aromatic amines is 1. The summed E-state index contributed by atoms with van der Waals surface area (Å²) in [6.45, 7) is 4.25. The van der Waals surface area contributed by atoms with Gasteiger partial charge in [0.15, 0.2) is 9.84 Å². The molecule has 1 atom stereocenters. The standard InChI is InChI=1S/C24H27Cl2FN4O4S/c1-3-36(34,35)22-13(2)7-15(25)8-14(22)10-31-23(32)17-9-19(27)18(20(26)21(17)29-24(31)33)12-30-6-4-5-16(28)11-30/h7-9,16H,3-6,10-12,28H2,1-2H3,(H,29,33)/t16-/m1/s1. The van der Waals surface area contributed by atoms with E-state index >= 15 is 4.39 Å². The first-order valence-electron chi connectivity index (χ1n) is 11.6. The Morgan fingerprint density at radius 2 is 1.92 bits per heavy atom. The smallest absolute Gasteiger partial charge is 0.327 e. The number of halogens is 3. The fraction of sp³-hybridized carbons (Fsp3) is 0.417. The van der Waals surface area contributed by atoms with Crippen molar-refractivity contribution in [2.75, 3.05) is 18.8 Å². The molecule has 4 rings (SSSR count). The van der Waals surface area contributed by atoms with Gasteiger partial charge in [-0.3, -0.25) is 14.3 Å². The minimum Gasteiger partial charge on any atom is -0.327 e. The summed E-state index contributed by atoms with van der Waals surface area (Å²) >= 11 is 12.6. The van der Waals surface area contributed by atoms with Crippen LogP contribution in [0.2, 0.25) is 10.0 Å². The molecule has 0 amide bonds. The first-order chi connectivity index (χ1) is 16.9. The van der Waals surface area contributed by atoms with Gasteiger partial charge in [-0.25, -0.2) is 17.6 Å². The Bertz CT molecular complexity index is 1570. The van der Waals surface area contributed by atoms with Crippen LogP contribution in [0.3, 0.4) is 0 Å². The van der Waals surface area contributed by atoms with Crippen LogP contribution in [-0.4, -0.2) is 47.8 Å². The molecule has 1 aromatic heterocycles. The topological polar surface area (TPSA) is 118 Å². The number of aromatic nitrogens is 2. The Labute approximate surface area is 217 Å². The van der Waals surface area contributed by atoms with E-state index in [-0.39, 0.29) is 61.9 Å². The molecule has 194 valence electrons. The highest BCUT2D eigenvalue weighted by molar-refractivity contribution is 7.91. The van der Waals surface area contributed by atoms with Crippen LogP contribution in [0.1, 0.15) is 36.5 Å². The van der Waals surface area contributed by atoms with E-state index in [4.69, 9.17) is 28.9 Å². The molecule has 2 heterocycles. The Morgan fingerprint density at radius 3 is 2.58 bits per heavy atom. The predicted molar refractivity (Wildman–Crippen MR) is 139 cm³/mol. The molecule has 36 heavy (non-hydrogen) atoms. The largest absolute Gasteiger partial charge is 0.329 e. The fourth-order valence-corrected chi connectivity index (χ4v) is 6.74. The number of benzene rings is 2. The van der Waals surface area contributed by atoms with E-state index < -0.39 is 26.9 Å². The lowest BCUT2D eigenvalue weighted by Gasteiger charge is -2.31. The lowest BCUT2D eigenvalue weighted by molar-refractivity contribution is 0.199. The number of piperidine rings is 1. The van der Waals surface area contributed by atoms with Crippen molar-refractivity contribution in [1.82, 2.24) is 14.5 Å². The molecule has 3 N–H and O–H groups in total. The molecule has 2 aromatic carbocycles. The molecule has 0 aliphatic carbocycles. The number of hydrogen-bond donors (Lipinski definition) is 2. The number of nitrogens with zero attached hydrogens (tertiary/aromatic N) is 2. The van der Waals surface area contributed by atoms with Crippen LogP contribution in [-0.2, 0) is 22.9 Å². The molecule has 8 nitrogen and oxygen atoms in total. The Balaban J connectivity index is 1.82. The third-order valence-corrected chi connectivity index (χ3v) is 9.13. The zero-order valence-electron chi connectivity index (χ0n) is 19.9. The summed E-state index contributed by atoms with van der Waals surface area (Å²) in [4.78, 5) is 30.9. The van der Waals surface area contributed by atoms with E-state index in [9.17, 15) is 18.0 Å². The normalized spacial score (nSPS) is 17.1. The van der Waals surface area contributed by atoms with Crippen molar-refractivity contribution >= 4 is 43.9 Å². The third-order valence-electron chi connectivity index (χ3n) is 6.53. The van der Waals surface area contributed by atoms with Crippen LogP contribution in [0, 0.1) is 12.7 Å². The molecule has 3 aromatic rings. The van der Waals surface area contributed by atoms with Gasteiger partial charge in [0, 0.05) is 29.7 Å². The number of H-pyrrole nitrogens is 1. The summed E-state index contributed by atoms with van der Waals surface area (Å²) in [5, 5.41) is 0.104. The molecule has 12 heteroatoms. The maximum Gasteiger partial charge on any atom is 0.329 e. The highest BCUT2D eigenvalue weighted by Crippen LogP contribution is 2.29. The monoisotopic (exact) mass is 556 g/mol. The second kappa shape index (κ2) is 10.3. The molecule has 0 spiro atoms. The molecule has 0 saturated carbocycles. The number of likely N-dealkylation sites (tertiary alicyclic amines) is 1. The third kappa shape index (κ3) is 5.10. The van der Waals surface area contributed by atoms with Gasteiger partial charge < -0.3 is 10.7 Å². The molecule has 0 radical (unpaired) electrons. The Kier molecular flexibility index (Phi) is 7.64. The average Bonchev–Trinajstić information content (AvgIpc) is 2.80. The van der Waals surface area contributed by atoms with Crippen molar-refractivity contribution < 1.29 is 12.8 Å². The van der Waals surface area contributed by atoms with Gasteiger partial charge in [0.2, 0.25) is 0 Å². The van der Waals surface area contributed by atoms with Crippen molar-refractivity contribution in [2.45, 2.75) is 50.7 Å². The van der Waals surface area contributed by atoms with Crippen LogP contribution in [0.5, 0.6) is 0 Å². The molecule has 1 saturated heterocycles. The van der Waals surface area contributed by atoms with Crippen molar-refractivity contribution in [3.05, 3.63) is 71.6 Å². The van der Waals surface area contributed by atoms with Crippen LogP contribution in [0.4, 0.5) is 4.39 Å². The Hall–Kier alpha value is -2.24.